The van der Waals surface area contributed by atoms with Crippen LogP contribution in [0, 0.1) is 11.4 Å². The number of nitrogens with zero attached hydrogens (tertiary/aromatic N) is 2. The highest BCUT2D eigenvalue weighted by molar-refractivity contribution is 4.68. The minimum absolute atomic E-state index is 0.678. The molecule has 0 aromatic carbocycles. The third-order valence-corrected chi connectivity index (χ3v) is 2.42. The molecule has 11 heavy (non-hydrogen) atoms. The summed E-state index contributed by atoms with van der Waals surface area (Å²) >= 11 is 0. The molecule has 0 spiro atoms. The molecule has 1 aliphatic heterocycles. The molecule has 1 saturated heterocycles. The van der Waals surface area contributed by atoms with Crippen LogP contribution in [-0.2, 0) is 0 Å². The van der Waals surface area contributed by atoms with Gasteiger partial charge in [-0.1, -0.05) is 0 Å². The van der Waals surface area contributed by atoms with E-state index >= 15 is 0 Å². The average molecular weight is 155 g/mol. The van der Waals surface area contributed by atoms with Crippen LogP contribution in [0.4, 0.5) is 0 Å². The maximum absolute atomic E-state index is 6.77. The Kier molecular flexibility index (Phi) is 3.49. The van der Waals surface area contributed by atoms with Crippen molar-refractivity contribution in [2.45, 2.75) is 19.3 Å². The lowest BCUT2D eigenvalue weighted by Gasteiger charge is -2.12. The first-order chi connectivity index (χ1) is 5.33. The molecule has 0 bridgehead atoms. The normalized spacial score (nSPS) is 27.9. The highest BCUT2D eigenvalue weighted by Gasteiger charge is 2.13. The molecular formula is C8H17N3. The van der Waals surface area contributed by atoms with Crippen molar-refractivity contribution in [3.8, 4) is 0 Å². The third-order valence-electron chi connectivity index (χ3n) is 2.42. The fourth-order valence-corrected chi connectivity index (χ4v) is 1.62. The number of hydrogen-bond donors (Lipinski definition) is 1. The highest BCUT2D eigenvalue weighted by atomic mass is 15.1. The van der Waals surface area contributed by atoms with Crippen LogP contribution in [0.25, 0.3) is 0 Å². The van der Waals surface area contributed by atoms with Crippen molar-refractivity contribution in [1.29, 1.82) is 5.53 Å². The van der Waals surface area contributed by atoms with E-state index in [1.54, 1.807) is 0 Å². The number of nitrogens with one attached hydrogen (secondary N) is 1. The molecule has 1 unspecified atom stereocenters. The molecule has 0 saturated carbocycles. The summed E-state index contributed by atoms with van der Waals surface area (Å²) in [6.45, 7) is 3.14. The van der Waals surface area contributed by atoms with E-state index in [2.05, 4.69) is 17.1 Å². The van der Waals surface area contributed by atoms with Crippen molar-refractivity contribution in [3.63, 3.8) is 0 Å². The maximum Gasteiger partial charge on any atom is 0.0625 e. The predicted molar refractivity (Wildman–Crippen MR) is 44.9 cm³/mol. The molecule has 0 aromatic heterocycles. The second-order valence-corrected chi connectivity index (χ2v) is 3.44. The zero-order valence-electron chi connectivity index (χ0n) is 7.21. The monoisotopic (exact) mass is 155 g/mol. The van der Waals surface area contributed by atoms with E-state index in [0.717, 1.165) is 6.54 Å². The first-order valence-corrected chi connectivity index (χ1v) is 4.34. The van der Waals surface area contributed by atoms with Gasteiger partial charge in [0.2, 0.25) is 0 Å². The molecule has 1 fully saturated rings. The quantitative estimate of drug-likeness (QED) is 0.606. The second-order valence-electron chi connectivity index (χ2n) is 3.44. The lowest BCUT2D eigenvalue weighted by molar-refractivity contribution is 0.342. The lowest BCUT2D eigenvalue weighted by atomic mass is 10.0. The molecule has 0 aromatic rings. The van der Waals surface area contributed by atoms with Crippen molar-refractivity contribution in [1.82, 2.24) is 4.90 Å². The van der Waals surface area contributed by atoms with E-state index < -0.39 is 0 Å². The van der Waals surface area contributed by atoms with Gasteiger partial charge in [-0.3, -0.25) is 0 Å². The lowest BCUT2D eigenvalue weighted by Crippen LogP contribution is -2.19. The van der Waals surface area contributed by atoms with Crippen LogP contribution in [0.5, 0.6) is 0 Å². The van der Waals surface area contributed by atoms with Gasteiger partial charge < -0.3 is 4.90 Å². The first kappa shape index (κ1) is 8.65. The molecule has 0 aliphatic carbocycles. The van der Waals surface area contributed by atoms with Gasteiger partial charge in [0.25, 0.3) is 0 Å². The van der Waals surface area contributed by atoms with Gasteiger partial charge in [0.05, 0.1) is 6.54 Å². The Bertz CT molecular complexity index is 125. The zero-order chi connectivity index (χ0) is 8.10. The molecule has 1 N–H and O–H groups in total. The van der Waals surface area contributed by atoms with Crippen LogP contribution in [0.3, 0.4) is 0 Å². The Labute approximate surface area is 68.3 Å². The zero-order valence-corrected chi connectivity index (χ0v) is 7.21. The summed E-state index contributed by atoms with van der Waals surface area (Å²) in [5.74, 6) is 0.678. The van der Waals surface area contributed by atoms with Crippen LogP contribution in [0.1, 0.15) is 19.3 Å². The maximum atomic E-state index is 6.77. The van der Waals surface area contributed by atoms with E-state index in [1.807, 2.05) is 0 Å². The van der Waals surface area contributed by atoms with Gasteiger partial charge >= 0.3 is 0 Å². The Hall–Kier alpha value is -0.440. The topological polar surface area (TPSA) is 39.5 Å². The average Bonchev–Trinajstić information content (AvgIpc) is 2.17. The minimum Gasteiger partial charge on any atom is -0.306 e. The molecule has 3 heteroatoms. The summed E-state index contributed by atoms with van der Waals surface area (Å²) < 4.78 is 0. The second kappa shape index (κ2) is 4.44. The minimum atomic E-state index is 0.678. The largest absolute Gasteiger partial charge is 0.306 e. The van der Waals surface area contributed by atoms with Gasteiger partial charge in [-0.25, -0.2) is 5.53 Å². The van der Waals surface area contributed by atoms with Crippen molar-refractivity contribution < 1.29 is 0 Å². The standard InChI is InChI=1S/C8H17N3/c1-11-5-2-3-8(4-6-11)7-10-9/h8-9H,2-7H2,1H3. The van der Waals surface area contributed by atoms with Gasteiger partial charge in [0, 0.05) is 0 Å². The van der Waals surface area contributed by atoms with Gasteiger partial charge in [0.15, 0.2) is 0 Å². The SMILES string of the molecule is CN1CCCC(CN=N)CC1. The van der Waals surface area contributed by atoms with Gasteiger partial charge in [0.1, 0.15) is 0 Å². The fourth-order valence-electron chi connectivity index (χ4n) is 1.62. The van der Waals surface area contributed by atoms with Crippen LogP contribution >= 0.6 is 0 Å². The van der Waals surface area contributed by atoms with Crippen LogP contribution in [0.15, 0.2) is 5.11 Å². The number of rotatable bonds is 2. The van der Waals surface area contributed by atoms with Crippen LogP contribution in [0.2, 0.25) is 0 Å². The Morgan fingerprint density at radius 3 is 3.00 bits per heavy atom. The summed E-state index contributed by atoms with van der Waals surface area (Å²) in [6.07, 6.45) is 3.75. The molecule has 1 aliphatic rings. The molecule has 1 heterocycles. The molecule has 0 amide bonds. The van der Waals surface area contributed by atoms with E-state index in [0.29, 0.717) is 5.92 Å². The van der Waals surface area contributed by atoms with Crippen molar-refractivity contribution in [3.05, 3.63) is 0 Å². The smallest absolute Gasteiger partial charge is 0.0625 e. The Morgan fingerprint density at radius 2 is 2.27 bits per heavy atom. The van der Waals surface area contributed by atoms with Crippen LogP contribution < -0.4 is 0 Å². The van der Waals surface area contributed by atoms with Gasteiger partial charge in [-0.15, -0.1) is 0 Å². The summed E-state index contributed by atoms with van der Waals surface area (Å²) in [5.41, 5.74) is 6.77. The fraction of sp³-hybridized carbons (Fsp3) is 1.00. The molecule has 0 radical (unpaired) electrons. The first-order valence-electron chi connectivity index (χ1n) is 4.34. The highest BCUT2D eigenvalue weighted by Crippen LogP contribution is 2.16. The van der Waals surface area contributed by atoms with Crippen molar-refractivity contribution in [2.24, 2.45) is 11.0 Å². The van der Waals surface area contributed by atoms with E-state index in [4.69, 9.17) is 5.53 Å². The van der Waals surface area contributed by atoms with E-state index in [1.165, 1.54) is 32.4 Å². The van der Waals surface area contributed by atoms with E-state index in [9.17, 15) is 0 Å². The predicted octanol–water partition coefficient (Wildman–Crippen LogP) is 1.75. The van der Waals surface area contributed by atoms with Crippen LogP contribution in [-0.4, -0.2) is 31.6 Å². The Balaban J connectivity index is 2.27. The molecule has 64 valence electrons. The number of hydrogen-bond acceptors (Lipinski definition) is 3. The number of likely N-dealkylation sites (tertiary alicyclic amines) is 1. The summed E-state index contributed by atoms with van der Waals surface area (Å²) in [4.78, 5) is 2.37. The molecular weight excluding hydrogens is 138 g/mol. The summed E-state index contributed by atoms with van der Waals surface area (Å²) in [5, 5.41) is 3.46. The van der Waals surface area contributed by atoms with E-state index in [-0.39, 0.29) is 0 Å². The Morgan fingerprint density at radius 1 is 1.45 bits per heavy atom. The molecule has 3 nitrogen and oxygen atoms in total. The summed E-state index contributed by atoms with van der Waals surface area (Å²) in [7, 11) is 2.17. The molecule has 1 atom stereocenters. The van der Waals surface area contributed by atoms with Crippen molar-refractivity contribution in [2.75, 3.05) is 26.7 Å². The summed E-state index contributed by atoms with van der Waals surface area (Å²) in [6, 6.07) is 0. The van der Waals surface area contributed by atoms with Crippen molar-refractivity contribution >= 4 is 0 Å². The molecule has 1 rings (SSSR count). The van der Waals surface area contributed by atoms with Gasteiger partial charge in [-0.05, 0) is 45.3 Å². The third kappa shape index (κ3) is 2.97. The van der Waals surface area contributed by atoms with Gasteiger partial charge in [-0.2, -0.15) is 5.11 Å².